The lowest BCUT2D eigenvalue weighted by Gasteiger charge is -2.27. The number of hydrogen-bond acceptors (Lipinski definition) is 6. The number of nitrogen functional groups attached to an aromatic ring is 1. The molecule has 0 unspecified atom stereocenters. The minimum Gasteiger partial charge on any atom is -0.487 e. The number of aromatic nitrogens is 3. The Labute approximate surface area is 151 Å². The lowest BCUT2D eigenvalue weighted by molar-refractivity contribution is 0.167. The van der Waals surface area contributed by atoms with E-state index < -0.39 is 5.82 Å². The zero-order valence-corrected chi connectivity index (χ0v) is 14.9. The Morgan fingerprint density at radius 2 is 2.27 bits per heavy atom. The minimum atomic E-state index is -0.531. The molecule has 4 rings (SSSR count). The van der Waals surface area contributed by atoms with Gasteiger partial charge in [0.1, 0.15) is 11.5 Å². The van der Waals surface area contributed by atoms with Crippen LogP contribution in [0.3, 0.4) is 0 Å². The number of halogens is 1. The highest BCUT2D eigenvalue weighted by Gasteiger charge is 2.28. The standard InChI is InChI=1S/C18H24FN5O2/c1-11-17(26-10-12-5-6-25-9-12)18(24(23-11)13-3-2-4-13)22-16-7-15(20)14(19)8-21-16/h7-8,12-13H,2-6,9-10H2,1H3,(H3,20,21,22)/t12-/m0/s1. The number of aryl methyl sites for hydroxylation is 1. The van der Waals surface area contributed by atoms with Crippen LogP contribution in [-0.4, -0.2) is 34.6 Å². The maximum atomic E-state index is 13.4. The molecule has 3 N–H and O–H groups in total. The van der Waals surface area contributed by atoms with Gasteiger partial charge < -0.3 is 20.5 Å². The van der Waals surface area contributed by atoms with E-state index in [1.54, 1.807) is 0 Å². The van der Waals surface area contributed by atoms with Crippen molar-refractivity contribution in [3.63, 3.8) is 0 Å². The Balaban J connectivity index is 1.61. The first kappa shape index (κ1) is 17.1. The molecule has 8 heteroatoms. The van der Waals surface area contributed by atoms with Crippen LogP contribution in [-0.2, 0) is 4.74 Å². The molecule has 1 saturated carbocycles. The number of hydrogen-bond donors (Lipinski definition) is 2. The third-order valence-corrected chi connectivity index (χ3v) is 5.07. The Morgan fingerprint density at radius 1 is 1.42 bits per heavy atom. The fourth-order valence-corrected chi connectivity index (χ4v) is 3.27. The number of anilines is 3. The molecule has 7 nitrogen and oxygen atoms in total. The van der Waals surface area contributed by atoms with Gasteiger partial charge in [-0.3, -0.25) is 0 Å². The van der Waals surface area contributed by atoms with Gasteiger partial charge >= 0.3 is 0 Å². The van der Waals surface area contributed by atoms with Gasteiger partial charge in [-0.2, -0.15) is 5.10 Å². The third-order valence-electron chi connectivity index (χ3n) is 5.07. The maximum absolute atomic E-state index is 13.4. The first-order valence-electron chi connectivity index (χ1n) is 9.09. The molecule has 2 aromatic rings. The van der Waals surface area contributed by atoms with E-state index in [1.165, 1.54) is 12.5 Å². The van der Waals surface area contributed by atoms with E-state index in [-0.39, 0.29) is 5.69 Å². The predicted molar refractivity (Wildman–Crippen MR) is 96.2 cm³/mol. The number of ether oxygens (including phenoxy) is 2. The van der Waals surface area contributed by atoms with Crippen LogP contribution in [0.4, 0.5) is 21.7 Å². The molecule has 140 valence electrons. The first-order valence-corrected chi connectivity index (χ1v) is 9.09. The fraction of sp³-hybridized carbons (Fsp3) is 0.556. The molecule has 2 aliphatic rings. The van der Waals surface area contributed by atoms with E-state index in [4.69, 9.17) is 15.2 Å². The molecule has 0 spiro atoms. The van der Waals surface area contributed by atoms with Gasteiger partial charge in [-0.15, -0.1) is 0 Å². The fourth-order valence-electron chi connectivity index (χ4n) is 3.27. The molecule has 0 radical (unpaired) electrons. The van der Waals surface area contributed by atoms with Gasteiger partial charge in [-0.05, 0) is 32.6 Å². The van der Waals surface area contributed by atoms with Crippen molar-refractivity contribution < 1.29 is 13.9 Å². The lowest BCUT2D eigenvalue weighted by Crippen LogP contribution is -2.20. The maximum Gasteiger partial charge on any atom is 0.184 e. The summed E-state index contributed by atoms with van der Waals surface area (Å²) in [4.78, 5) is 4.08. The van der Waals surface area contributed by atoms with Crippen molar-refractivity contribution in [1.82, 2.24) is 14.8 Å². The molecular weight excluding hydrogens is 337 g/mol. The molecule has 26 heavy (non-hydrogen) atoms. The predicted octanol–water partition coefficient (Wildman–Crippen LogP) is 3.19. The highest BCUT2D eigenvalue weighted by atomic mass is 19.1. The van der Waals surface area contributed by atoms with E-state index >= 15 is 0 Å². The normalized spacial score (nSPS) is 20.2. The molecular formula is C18H24FN5O2. The second-order valence-electron chi connectivity index (χ2n) is 7.05. The average Bonchev–Trinajstić information content (AvgIpc) is 3.17. The summed E-state index contributed by atoms with van der Waals surface area (Å²) in [5, 5.41) is 7.92. The van der Waals surface area contributed by atoms with E-state index in [2.05, 4.69) is 15.4 Å². The largest absolute Gasteiger partial charge is 0.487 e. The Hall–Kier alpha value is -2.35. The van der Waals surface area contributed by atoms with Gasteiger partial charge in [0.25, 0.3) is 0 Å². The highest BCUT2D eigenvalue weighted by Crippen LogP contribution is 2.40. The third kappa shape index (κ3) is 3.33. The number of rotatable bonds is 6. The van der Waals surface area contributed by atoms with Crippen molar-refractivity contribution in [2.24, 2.45) is 5.92 Å². The van der Waals surface area contributed by atoms with Crippen LogP contribution in [0.5, 0.6) is 5.75 Å². The summed E-state index contributed by atoms with van der Waals surface area (Å²) < 4.78 is 26.9. The van der Waals surface area contributed by atoms with Crippen LogP contribution < -0.4 is 15.8 Å². The molecule has 2 aromatic heterocycles. The molecule has 1 aliphatic heterocycles. The molecule has 1 saturated heterocycles. The van der Waals surface area contributed by atoms with Crippen molar-refractivity contribution in [1.29, 1.82) is 0 Å². The summed E-state index contributed by atoms with van der Waals surface area (Å²) in [7, 11) is 0. The van der Waals surface area contributed by atoms with Crippen LogP contribution in [0.2, 0.25) is 0 Å². The van der Waals surface area contributed by atoms with E-state index in [9.17, 15) is 4.39 Å². The summed E-state index contributed by atoms with van der Waals surface area (Å²) >= 11 is 0. The lowest BCUT2D eigenvalue weighted by atomic mass is 9.93. The summed E-state index contributed by atoms with van der Waals surface area (Å²) in [6.45, 7) is 4.05. The van der Waals surface area contributed by atoms with Crippen molar-refractivity contribution in [2.75, 3.05) is 30.9 Å². The Bertz CT molecular complexity index is 784. The smallest absolute Gasteiger partial charge is 0.184 e. The average molecular weight is 361 g/mol. The Morgan fingerprint density at radius 3 is 2.92 bits per heavy atom. The zero-order valence-electron chi connectivity index (χ0n) is 14.9. The number of nitrogens with zero attached hydrogens (tertiary/aromatic N) is 3. The quantitative estimate of drug-likeness (QED) is 0.822. The molecule has 0 aromatic carbocycles. The van der Waals surface area contributed by atoms with Gasteiger partial charge in [0.05, 0.1) is 31.1 Å². The van der Waals surface area contributed by atoms with Gasteiger partial charge in [0, 0.05) is 18.6 Å². The van der Waals surface area contributed by atoms with Crippen LogP contribution in [0.1, 0.15) is 37.4 Å². The second-order valence-corrected chi connectivity index (χ2v) is 7.05. The SMILES string of the molecule is Cc1nn(C2CCC2)c(Nc2cc(N)c(F)cn2)c1OC[C@H]1CCOC1. The molecule has 1 atom stereocenters. The second kappa shape index (κ2) is 7.11. The summed E-state index contributed by atoms with van der Waals surface area (Å²) in [6.07, 6.45) is 5.50. The Kier molecular flexibility index (Phi) is 4.67. The molecule has 2 fully saturated rings. The number of nitrogens with one attached hydrogen (secondary N) is 1. The monoisotopic (exact) mass is 361 g/mol. The topological polar surface area (TPSA) is 87.2 Å². The van der Waals surface area contributed by atoms with Crippen LogP contribution in [0.25, 0.3) is 0 Å². The van der Waals surface area contributed by atoms with E-state index in [1.807, 2.05) is 11.6 Å². The van der Waals surface area contributed by atoms with Gasteiger partial charge in [0.15, 0.2) is 17.4 Å². The summed E-state index contributed by atoms with van der Waals surface area (Å²) in [6, 6.07) is 1.83. The number of pyridine rings is 1. The van der Waals surface area contributed by atoms with Crippen LogP contribution in [0.15, 0.2) is 12.3 Å². The van der Waals surface area contributed by atoms with Crippen molar-refractivity contribution in [2.45, 2.75) is 38.6 Å². The van der Waals surface area contributed by atoms with Gasteiger partial charge in [0.2, 0.25) is 0 Å². The minimum absolute atomic E-state index is 0.0551. The van der Waals surface area contributed by atoms with Gasteiger partial charge in [-0.1, -0.05) is 0 Å². The zero-order chi connectivity index (χ0) is 18.1. The summed E-state index contributed by atoms with van der Waals surface area (Å²) in [5.41, 5.74) is 6.55. The van der Waals surface area contributed by atoms with Crippen molar-refractivity contribution in [3.05, 3.63) is 23.8 Å². The van der Waals surface area contributed by atoms with Crippen molar-refractivity contribution >= 4 is 17.3 Å². The summed E-state index contributed by atoms with van der Waals surface area (Å²) in [5.74, 6) is 1.81. The van der Waals surface area contributed by atoms with E-state index in [0.29, 0.717) is 30.1 Å². The molecule has 0 amide bonds. The number of nitrogens with two attached hydrogens (primary N) is 1. The molecule has 1 aliphatic carbocycles. The van der Waals surface area contributed by atoms with Crippen molar-refractivity contribution in [3.8, 4) is 5.75 Å². The highest BCUT2D eigenvalue weighted by molar-refractivity contribution is 5.64. The molecule has 0 bridgehead atoms. The first-order chi connectivity index (χ1) is 12.6. The van der Waals surface area contributed by atoms with E-state index in [0.717, 1.165) is 50.2 Å². The van der Waals surface area contributed by atoms with Gasteiger partial charge in [-0.25, -0.2) is 14.1 Å². The van der Waals surface area contributed by atoms with Crippen LogP contribution >= 0.6 is 0 Å². The van der Waals surface area contributed by atoms with Crippen LogP contribution in [0, 0.1) is 18.7 Å². The molecule has 3 heterocycles.